The first kappa shape index (κ1) is 14.5. The standard InChI is InChI=1S/C17H23N3/c1-5-18-14(3)15-10-11-17(19-12-15)20(4)16-9-7-6-8-13(16)2/h6-12,14,18H,5H2,1-4H3. The lowest BCUT2D eigenvalue weighted by atomic mass is 10.1. The average Bonchev–Trinajstić information content (AvgIpc) is 2.47. The van der Waals surface area contributed by atoms with Crippen LogP contribution in [0.3, 0.4) is 0 Å². The van der Waals surface area contributed by atoms with Gasteiger partial charge in [-0.15, -0.1) is 0 Å². The maximum Gasteiger partial charge on any atom is 0.132 e. The van der Waals surface area contributed by atoms with E-state index in [0.29, 0.717) is 6.04 Å². The monoisotopic (exact) mass is 269 g/mol. The predicted octanol–water partition coefficient (Wildman–Crippen LogP) is 3.83. The number of aromatic nitrogens is 1. The summed E-state index contributed by atoms with van der Waals surface area (Å²) in [6, 6.07) is 12.9. The molecule has 0 amide bonds. The number of pyridine rings is 1. The molecule has 1 aromatic heterocycles. The van der Waals surface area contributed by atoms with Crippen LogP contribution < -0.4 is 10.2 Å². The molecule has 0 saturated carbocycles. The first-order valence-corrected chi connectivity index (χ1v) is 7.12. The first-order chi connectivity index (χ1) is 9.63. The van der Waals surface area contributed by atoms with Gasteiger partial charge >= 0.3 is 0 Å². The lowest BCUT2D eigenvalue weighted by Gasteiger charge is -2.21. The Hall–Kier alpha value is -1.87. The van der Waals surface area contributed by atoms with E-state index in [0.717, 1.165) is 12.4 Å². The molecule has 1 heterocycles. The number of hydrogen-bond donors (Lipinski definition) is 1. The second-order valence-corrected chi connectivity index (χ2v) is 5.07. The fraction of sp³-hybridized carbons (Fsp3) is 0.353. The van der Waals surface area contributed by atoms with E-state index in [9.17, 15) is 0 Å². The highest BCUT2D eigenvalue weighted by atomic mass is 15.2. The Kier molecular flexibility index (Phi) is 4.74. The van der Waals surface area contributed by atoms with E-state index in [1.54, 1.807) is 0 Å². The number of aryl methyl sites for hydroxylation is 1. The van der Waals surface area contributed by atoms with Gasteiger partial charge in [0.25, 0.3) is 0 Å². The third-order valence-corrected chi connectivity index (χ3v) is 3.60. The summed E-state index contributed by atoms with van der Waals surface area (Å²) in [5, 5.41) is 3.40. The van der Waals surface area contributed by atoms with Gasteiger partial charge in [-0.3, -0.25) is 0 Å². The van der Waals surface area contributed by atoms with Gasteiger partial charge in [-0.25, -0.2) is 4.98 Å². The number of hydrogen-bond acceptors (Lipinski definition) is 3. The maximum absolute atomic E-state index is 4.59. The van der Waals surface area contributed by atoms with Crippen LogP contribution in [0, 0.1) is 6.92 Å². The van der Waals surface area contributed by atoms with Gasteiger partial charge in [0.05, 0.1) is 0 Å². The van der Waals surface area contributed by atoms with Crippen LogP contribution >= 0.6 is 0 Å². The van der Waals surface area contributed by atoms with Crippen molar-refractivity contribution in [2.24, 2.45) is 0 Å². The second kappa shape index (κ2) is 6.53. The zero-order valence-corrected chi connectivity index (χ0v) is 12.7. The molecule has 0 spiro atoms. The number of nitrogens with one attached hydrogen (secondary N) is 1. The summed E-state index contributed by atoms with van der Waals surface area (Å²) < 4.78 is 0. The molecular weight excluding hydrogens is 246 g/mol. The highest BCUT2D eigenvalue weighted by Crippen LogP contribution is 2.25. The van der Waals surface area contributed by atoms with Crippen molar-refractivity contribution < 1.29 is 0 Å². The van der Waals surface area contributed by atoms with Crippen LogP contribution in [-0.2, 0) is 0 Å². The summed E-state index contributed by atoms with van der Waals surface area (Å²) in [6.45, 7) is 7.36. The van der Waals surface area contributed by atoms with Crippen LogP contribution in [0.25, 0.3) is 0 Å². The summed E-state index contributed by atoms with van der Waals surface area (Å²) in [5.41, 5.74) is 3.66. The first-order valence-electron chi connectivity index (χ1n) is 7.12. The van der Waals surface area contributed by atoms with E-state index in [4.69, 9.17) is 0 Å². The molecular formula is C17H23N3. The number of para-hydroxylation sites is 1. The largest absolute Gasteiger partial charge is 0.329 e. The Morgan fingerprint density at radius 1 is 1.20 bits per heavy atom. The molecule has 106 valence electrons. The van der Waals surface area contributed by atoms with Gasteiger partial charge in [0.15, 0.2) is 0 Å². The lowest BCUT2D eigenvalue weighted by molar-refractivity contribution is 0.596. The van der Waals surface area contributed by atoms with Gasteiger partial charge in [-0.1, -0.05) is 31.2 Å². The molecule has 0 bridgehead atoms. The van der Waals surface area contributed by atoms with Crippen molar-refractivity contribution in [2.75, 3.05) is 18.5 Å². The van der Waals surface area contributed by atoms with Crippen LogP contribution in [0.2, 0.25) is 0 Å². The molecule has 1 aromatic carbocycles. The predicted molar refractivity (Wildman–Crippen MR) is 85.6 cm³/mol. The molecule has 20 heavy (non-hydrogen) atoms. The third kappa shape index (κ3) is 3.17. The van der Waals surface area contributed by atoms with E-state index in [-0.39, 0.29) is 0 Å². The van der Waals surface area contributed by atoms with Gasteiger partial charge in [-0.2, -0.15) is 0 Å². The molecule has 3 nitrogen and oxygen atoms in total. The van der Waals surface area contributed by atoms with Crippen molar-refractivity contribution >= 4 is 11.5 Å². The van der Waals surface area contributed by atoms with Crippen LogP contribution in [0.5, 0.6) is 0 Å². The molecule has 0 aliphatic heterocycles. The van der Waals surface area contributed by atoms with Crippen molar-refractivity contribution in [1.29, 1.82) is 0 Å². The van der Waals surface area contributed by atoms with Crippen LogP contribution in [0.4, 0.5) is 11.5 Å². The summed E-state index contributed by atoms with van der Waals surface area (Å²) in [6.07, 6.45) is 1.96. The average molecular weight is 269 g/mol. The molecule has 2 rings (SSSR count). The molecule has 3 heteroatoms. The summed E-state index contributed by atoms with van der Waals surface area (Å²) >= 11 is 0. The molecule has 2 aromatic rings. The van der Waals surface area contributed by atoms with Crippen LogP contribution in [0.1, 0.15) is 31.0 Å². The molecule has 0 saturated heterocycles. The number of rotatable bonds is 5. The zero-order valence-electron chi connectivity index (χ0n) is 12.7. The van der Waals surface area contributed by atoms with E-state index in [2.05, 4.69) is 79.4 Å². The highest BCUT2D eigenvalue weighted by Gasteiger charge is 2.09. The Morgan fingerprint density at radius 2 is 1.95 bits per heavy atom. The highest BCUT2D eigenvalue weighted by molar-refractivity contribution is 5.62. The molecule has 0 radical (unpaired) electrons. The fourth-order valence-corrected chi connectivity index (χ4v) is 2.34. The third-order valence-electron chi connectivity index (χ3n) is 3.60. The maximum atomic E-state index is 4.59. The SMILES string of the molecule is CCNC(C)c1ccc(N(C)c2ccccc2C)nc1. The molecule has 1 atom stereocenters. The van der Waals surface area contributed by atoms with Gasteiger partial charge in [0, 0.05) is 25.0 Å². The number of anilines is 2. The van der Waals surface area contributed by atoms with Gasteiger partial charge in [-0.05, 0) is 43.7 Å². The Bertz CT molecular complexity index is 548. The van der Waals surface area contributed by atoms with Crippen molar-refractivity contribution in [3.8, 4) is 0 Å². The molecule has 0 aliphatic rings. The Balaban J connectivity index is 2.20. The quantitative estimate of drug-likeness (QED) is 0.894. The van der Waals surface area contributed by atoms with Crippen molar-refractivity contribution in [3.05, 3.63) is 53.7 Å². The van der Waals surface area contributed by atoms with Crippen molar-refractivity contribution in [2.45, 2.75) is 26.8 Å². The zero-order chi connectivity index (χ0) is 14.5. The number of benzene rings is 1. The fourth-order valence-electron chi connectivity index (χ4n) is 2.34. The van der Waals surface area contributed by atoms with Gasteiger partial charge in [0.1, 0.15) is 5.82 Å². The Morgan fingerprint density at radius 3 is 2.55 bits per heavy atom. The summed E-state index contributed by atoms with van der Waals surface area (Å²) in [5.74, 6) is 0.965. The smallest absolute Gasteiger partial charge is 0.132 e. The molecule has 0 fully saturated rings. The minimum Gasteiger partial charge on any atom is -0.329 e. The lowest BCUT2D eigenvalue weighted by Crippen LogP contribution is -2.18. The molecule has 0 aliphatic carbocycles. The van der Waals surface area contributed by atoms with Gasteiger partial charge in [0.2, 0.25) is 0 Å². The van der Waals surface area contributed by atoms with Crippen LogP contribution in [0.15, 0.2) is 42.6 Å². The van der Waals surface area contributed by atoms with E-state index >= 15 is 0 Å². The van der Waals surface area contributed by atoms with Crippen LogP contribution in [-0.4, -0.2) is 18.6 Å². The molecule has 1 N–H and O–H groups in total. The minimum absolute atomic E-state index is 0.338. The summed E-state index contributed by atoms with van der Waals surface area (Å²) in [4.78, 5) is 6.71. The van der Waals surface area contributed by atoms with Crippen molar-refractivity contribution in [3.63, 3.8) is 0 Å². The second-order valence-electron chi connectivity index (χ2n) is 5.07. The van der Waals surface area contributed by atoms with E-state index < -0.39 is 0 Å². The van der Waals surface area contributed by atoms with E-state index in [1.807, 2.05) is 6.20 Å². The van der Waals surface area contributed by atoms with Crippen molar-refractivity contribution in [1.82, 2.24) is 10.3 Å². The topological polar surface area (TPSA) is 28.2 Å². The summed E-state index contributed by atoms with van der Waals surface area (Å²) in [7, 11) is 2.05. The minimum atomic E-state index is 0.338. The van der Waals surface area contributed by atoms with Gasteiger partial charge < -0.3 is 10.2 Å². The van der Waals surface area contributed by atoms with E-state index in [1.165, 1.54) is 16.8 Å². The number of nitrogens with zero attached hydrogens (tertiary/aromatic N) is 2. The normalized spacial score (nSPS) is 12.2. The molecule has 1 unspecified atom stereocenters. The Labute approximate surface area is 121 Å².